The molecule has 0 radical (unpaired) electrons. The molecule has 0 saturated heterocycles. The number of nitrogens with zero attached hydrogens (tertiary/aromatic N) is 1. The van der Waals surface area contributed by atoms with Gasteiger partial charge in [0.15, 0.2) is 11.5 Å². The van der Waals surface area contributed by atoms with E-state index >= 15 is 0 Å². The lowest BCUT2D eigenvalue weighted by Crippen LogP contribution is -2.49. The van der Waals surface area contributed by atoms with Gasteiger partial charge in [-0.1, -0.05) is 117 Å². The molecule has 0 aliphatic carbocycles. The molecule has 0 bridgehead atoms. The number of hydrogen-bond acceptors (Lipinski definition) is 9. The number of likely N-dealkylation sites (N-methyl/N-ethyl adjacent to an activating group) is 1. The molecule has 1 rings (SSSR count). The van der Waals surface area contributed by atoms with Crippen molar-refractivity contribution in [1.29, 1.82) is 0 Å². The number of hydrogen-bond donors (Lipinski definition) is 5. The second kappa shape index (κ2) is 27.7. The normalized spacial score (nSPS) is 13.9. The van der Waals surface area contributed by atoms with Gasteiger partial charge in [-0.05, 0) is 31.4 Å². The Bertz CT molecular complexity index is 908. The summed E-state index contributed by atoms with van der Waals surface area (Å²) < 4.78 is 18.9. The summed E-state index contributed by atoms with van der Waals surface area (Å²) in [4.78, 5) is 14.9. The highest BCUT2D eigenvalue weighted by molar-refractivity contribution is 5.95. The topological polar surface area (TPSA) is 149 Å². The third-order valence-electron chi connectivity index (χ3n) is 8.66. The highest BCUT2D eigenvalue weighted by Gasteiger charge is 2.32. The summed E-state index contributed by atoms with van der Waals surface area (Å²) in [6.45, 7) is 6.94. The van der Waals surface area contributed by atoms with Crippen molar-refractivity contribution in [3.05, 3.63) is 17.7 Å². The molecule has 1 aromatic rings. The van der Waals surface area contributed by atoms with E-state index in [0.29, 0.717) is 37.1 Å². The van der Waals surface area contributed by atoms with Crippen LogP contribution in [0.4, 0.5) is 0 Å². The number of carbonyl (C=O) groups is 1. The van der Waals surface area contributed by atoms with Crippen LogP contribution in [-0.2, 0) is 0 Å². The molecule has 0 saturated carbocycles. The summed E-state index contributed by atoms with van der Waals surface area (Å²) in [6.07, 6.45) is 13.4. The molecule has 1 aromatic carbocycles. The van der Waals surface area contributed by atoms with E-state index in [1.54, 1.807) is 12.1 Å². The zero-order valence-electron chi connectivity index (χ0n) is 30.5. The van der Waals surface area contributed by atoms with E-state index in [4.69, 9.17) is 19.3 Å². The number of amides is 1. The van der Waals surface area contributed by atoms with Crippen LogP contribution in [-0.4, -0.2) is 101 Å². The standard InChI is InChI=1S/C38H69NO9/c1-5-8-11-14-17-20-23-46-33-26-30(38(45)39(4)28-31(41)35(43)36(44)32(42)29-40)27-34(47-24-21-18-15-12-9-6-2)37(33)48-25-22-19-16-13-10-7-3/h26-27,31-32,35-36,40-44H,5-25,28-29H2,1-4H3/t31-,32-,35+,36+/m0/s1. The lowest BCUT2D eigenvalue weighted by Gasteiger charge is -2.28. The average Bonchev–Trinajstić information content (AvgIpc) is 3.09. The Morgan fingerprint density at radius 1 is 0.604 bits per heavy atom. The van der Waals surface area contributed by atoms with Gasteiger partial charge in [0.25, 0.3) is 5.91 Å². The van der Waals surface area contributed by atoms with Crippen LogP contribution in [0.25, 0.3) is 0 Å². The van der Waals surface area contributed by atoms with Crippen molar-refractivity contribution in [3.8, 4) is 17.2 Å². The Kier molecular flexibility index (Phi) is 25.3. The number of benzene rings is 1. The first-order valence-electron chi connectivity index (χ1n) is 18.9. The van der Waals surface area contributed by atoms with Crippen LogP contribution in [0.15, 0.2) is 12.1 Å². The Balaban J connectivity index is 3.20. The van der Waals surface area contributed by atoms with Crippen molar-refractivity contribution in [2.75, 3.05) is 40.0 Å². The molecule has 5 N–H and O–H groups in total. The van der Waals surface area contributed by atoms with Crippen molar-refractivity contribution in [2.24, 2.45) is 0 Å². The lowest BCUT2D eigenvalue weighted by atomic mass is 10.0. The SMILES string of the molecule is CCCCCCCCOc1cc(C(=O)N(C)C[C@H](O)[C@@H](O)[C@H](O)[C@@H](O)CO)cc(OCCCCCCCC)c1OCCCCCCCC. The van der Waals surface area contributed by atoms with Crippen LogP contribution in [0.5, 0.6) is 17.2 Å². The summed E-state index contributed by atoms with van der Waals surface area (Å²) in [5.41, 5.74) is 0.276. The lowest BCUT2D eigenvalue weighted by molar-refractivity contribution is -0.117. The first-order chi connectivity index (χ1) is 23.2. The second-order valence-electron chi connectivity index (χ2n) is 13.1. The molecule has 0 unspecified atom stereocenters. The molecule has 1 amide bonds. The molecule has 48 heavy (non-hydrogen) atoms. The van der Waals surface area contributed by atoms with Crippen LogP contribution < -0.4 is 14.2 Å². The first-order valence-corrected chi connectivity index (χ1v) is 18.9. The van der Waals surface area contributed by atoms with Gasteiger partial charge in [0, 0.05) is 19.2 Å². The third-order valence-corrected chi connectivity index (χ3v) is 8.66. The molecule has 0 aliphatic heterocycles. The van der Waals surface area contributed by atoms with Gasteiger partial charge < -0.3 is 44.6 Å². The first kappa shape index (κ1) is 43.9. The van der Waals surface area contributed by atoms with Crippen molar-refractivity contribution in [2.45, 2.75) is 161 Å². The predicted octanol–water partition coefficient (Wildman–Crippen LogP) is 6.41. The van der Waals surface area contributed by atoms with Crippen molar-refractivity contribution in [3.63, 3.8) is 0 Å². The third kappa shape index (κ3) is 18.0. The van der Waals surface area contributed by atoms with E-state index < -0.39 is 36.9 Å². The molecule has 10 heteroatoms. The maximum Gasteiger partial charge on any atom is 0.253 e. The number of rotatable bonds is 31. The maximum atomic E-state index is 13.6. The smallest absolute Gasteiger partial charge is 0.253 e. The van der Waals surface area contributed by atoms with E-state index in [2.05, 4.69) is 20.8 Å². The number of unbranched alkanes of at least 4 members (excludes halogenated alkanes) is 15. The molecule has 0 aliphatic rings. The van der Waals surface area contributed by atoms with E-state index in [9.17, 15) is 25.2 Å². The maximum absolute atomic E-state index is 13.6. The van der Waals surface area contributed by atoms with E-state index in [-0.39, 0.29) is 12.1 Å². The van der Waals surface area contributed by atoms with Gasteiger partial charge in [-0.2, -0.15) is 0 Å². The van der Waals surface area contributed by atoms with Crippen molar-refractivity contribution in [1.82, 2.24) is 4.90 Å². The van der Waals surface area contributed by atoms with Crippen LogP contribution in [0.1, 0.15) is 147 Å². The summed E-state index contributed by atoms with van der Waals surface area (Å²) in [5, 5.41) is 49.6. The fourth-order valence-corrected chi connectivity index (χ4v) is 5.50. The molecule has 4 atom stereocenters. The molecule has 0 heterocycles. The molecule has 0 aromatic heterocycles. The van der Waals surface area contributed by atoms with E-state index in [0.717, 1.165) is 57.8 Å². The fourth-order valence-electron chi connectivity index (χ4n) is 5.50. The van der Waals surface area contributed by atoms with Crippen molar-refractivity contribution < 1.29 is 44.5 Å². The summed E-state index contributed by atoms with van der Waals surface area (Å²) >= 11 is 0. The highest BCUT2D eigenvalue weighted by atomic mass is 16.5. The average molecular weight is 684 g/mol. The van der Waals surface area contributed by atoms with Gasteiger partial charge in [-0.25, -0.2) is 0 Å². The predicted molar refractivity (Wildman–Crippen MR) is 191 cm³/mol. The Morgan fingerprint density at radius 2 is 0.979 bits per heavy atom. The van der Waals surface area contributed by atoms with Gasteiger partial charge in [-0.3, -0.25) is 4.79 Å². The Hall–Kier alpha value is -2.11. The zero-order chi connectivity index (χ0) is 35.6. The molecular formula is C38H69NO9. The van der Waals surface area contributed by atoms with Gasteiger partial charge in [0.1, 0.15) is 24.4 Å². The summed E-state index contributed by atoms with van der Waals surface area (Å²) in [5.74, 6) is 0.925. The highest BCUT2D eigenvalue weighted by Crippen LogP contribution is 2.40. The molecular weight excluding hydrogens is 614 g/mol. The number of aliphatic hydroxyl groups is 5. The molecule has 0 fully saturated rings. The number of aliphatic hydroxyl groups excluding tert-OH is 5. The molecule has 280 valence electrons. The minimum absolute atomic E-state index is 0.276. The van der Waals surface area contributed by atoms with Crippen LogP contribution in [0.2, 0.25) is 0 Å². The number of carbonyl (C=O) groups excluding carboxylic acids is 1. The molecule has 0 spiro atoms. The summed E-state index contributed by atoms with van der Waals surface area (Å²) in [7, 11) is 1.48. The van der Waals surface area contributed by atoms with Gasteiger partial charge in [0.2, 0.25) is 5.75 Å². The quantitative estimate of drug-likeness (QED) is 0.0560. The van der Waals surface area contributed by atoms with Crippen LogP contribution in [0, 0.1) is 0 Å². The number of ether oxygens (including phenoxy) is 3. The monoisotopic (exact) mass is 683 g/mol. The van der Waals surface area contributed by atoms with Crippen molar-refractivity contribution >= 4 is 5.91 Å². The largest absolute Gasteiger partial charge is 0.490 e. The molecule has 10 nitrogen and oxygen atoms in total. The minimum atomic E-state index is -1.78. The fraction of sp³-hybridized carbons (Fsp3) is 0.816. The second-order valence-corrected chi connectivity index (χ2v) is 13.1. The van der Waals surface area contributed by atoms with Gasteiger partial charge in [0.05, 0.1) is 26.4 Å². The minimum Gasteiger partial charge on any atom is -0.490 e. The van der Waals surface area contributed by atoms with Gasteiger partial charge >= 0.3 is 0 Å². The van der Waals surface area contributed by atoms with E-state index in [1.165, 1.54) is 69.7 Å². The van der Waals surface area contributed by atoms with Gasteiger partial charge in [-0.15, -0.1) is 0 Å². The zero-order valence-corrected chi connectivity index (χ0v) is 30.5. The summed E-state index contributed by atoms with van der Waals surface area (Å²) in [6, 6.07) is 3.30. The Morgan fingerprint density at radius 3 is 1.40 bits per heavy atom. The van der Waals surface area contributed by atoms with Crippen LogP contribution in [0.3, 0.4) is 0 Å². The van der Waals surface area contributed by atoms with Crippen LogP contribution >= 0.6 is 0 Å². The Labute approximate surface area is 290 Å². The van der Waals surface area contributed by atoms with E-state index in [1.807, 2.05) is 0 Å².